The van der Waals surface area contributed by atoms with Crippen LogP contribution in [0.2, 0.25) is 0 Å². The third kappa shape index (κ3) is 5.43. The van der Waals surface area contributed by atoms with E-state index in [4.69, 9.17) is 0 Å². The molecule has 0 aromatic heterocycles. The second-order valence-corrected chi connectivity index (χ2v) is 5.60. The minimum absolute atomic E-state index is 0.0730. The first-order chi connectivity index (χ1) is 11.2. The van der Waals surface area contributed by atoms with Crippen molar-refractivity contribution < 1.29 is 4.79 Å². The van der Waals surface area contributed by atoms with Crippen molar-refractivity contribution in [1.29, 1.82) is 0 Å². The number of nitrogens with zero attached hydrogens (tertiary/aromatic N) is 2. The van der Waals surface area contributed by atoms with Gasteiger partial charge in [0.1, 0.15) is 0 Å². The van der Waals surface area contributed by atoms with Gasteiger partial charge in [-0.05, 0) is 25.3 Å². The van der Waals surface area contributed by atoms with Crippen LogP contribution in [0.1, 0.15) is 25.3 Å². The Morgan fingerprint density at radius 1 is 1.26 bits per heavy atom. The molecule has 1 aromatic rings. The summed E-state index contributed by atoms with van der Waals surface area (Å²) < 4.78 is 0. The van der Waals surface area contributed by atoms with E-state index in [9.17, 15) is 4.79 Å². The van der Waals surface area contributed by atoms with Gasteiger partial charge >= 0.3 is 0 Å². The highest BCUT2D eigenvalue weighted by atomic mass is 16.2. The number of carbonyl (C=O) groups is 1. The fourth-order valence-electron chi connectivity index (χ4n) is 2.57. The van der Waals surface area contributed by atoms with Gasteiger partial charge in [0.2, 0.25) is 5.91 Å². The van der Waals surface area contributed by atoms with E-state index in [-0.39, 0.29) is 12.5 Å². The summed E-state index contributed by atoms with van der Waals surface area (Å²) in [5.41, 5.74) is 1.14. The number of likely N-dealkylation sites (N-methyl/N-ethyl adjacent to an activating group) is 1. The Hall–Kier alpha value is -2.30. The molecule has 2 rings (SSSR count). The molecule has 1 aliphatic carbocycles. The fraction of sp³-hybridized carbons (Fsp3) is 0.444. The highest BCUT2D eigenvalue weighted by Crippen LogP contribution is 2.08. The average molecular weight is 314 g/mol. The molecule has 0 heterocycles. The molecule has 1 aromatic carbocycles. The van der Waals surface area contributed by atoms with Gasteiger partial charge in [-0.2, -0.15) is 0 Å². The number of hydrogen-bond donors (Lipinski definition) is 2. The summed E-state index contributed by atoms with van der Waals surface area (Å²) in [5, 5.41) is 6.45. The van der Waals surface area contributed by atoms with Gasteiger partial charge in [-0.15, -0.1) is 0 Å². The zero-order valence-corrected chi connectivity index (χ0v) is 14.0. The van der Waals surface area contributed by atoms with Crippen LogP contribution in [0.25, 0.3) is 0 Å². The van der Waals surface area contributed by atoms with E-state index in [0.29, 0.717) is 25.1 Å². The highest BCUT2D eigenvalue weighted by Gasteiger charge is 2.15. The van der Waals surface area contributed by atoms with E-state index < -0.39 is 0 Å². The standard InChI is InChI=1S/C18H26N4O/c1-3-22(14-15-9-5-4-6-10-15)17(23)13-20-18(19-2)21-16-11-7-8-12-16/h4-10,16H,3,11-14H2,1-2H3,(H2,19,20,21). The maximum atomic E-state index is 12.4. The van der Waals surface area contributed by atoms with E-state index in [1.165, 1.54) is 0 Å². The molecule has 5 heteroatoms. The molecule has 0 bridgehead atoms. The van der Waals surface area contributed by atoms with Crippen LogP contribution in [-0.4, -0.2) is 42.9 Å². The summed E-state index contributed by atoms with van der Waals surface area (Å²) in [4.78, 5) is 18.4. The van der Waals surface area contributed by atoms with Gasteiger partial charge in [0, 0.05) is 26.2 Å². The van der Waals surface area contributed by atoms with Crippen LogP contribution in [0.15, 0.2) is 47.5 Å². The Labute approximate surface area is 138 Å². The molecular formula is C18H26N4O. The van der Waals surface area contributed by atoms with Gasteiger partial charge in [-0.25, -0.2) is 0 Å². The van der Waals surface area contributed by atoms with Crippen LogP contribution in [0.3, 0.4) is 0 Å². The maximum Gasteiger partial charge on any atom is 0.242 e. The van der Waals surface area contributed by atoms with Crippen molar-refractivity contribution in [2.24, 2.45) is 4.99 Å². The molecule has 124 valence electrons. The Balaban J connectivity index is 1.81. The quantitative estimate of drug-likeness (QED) is 0.479. The zero-order chi connectivity index (χ0) is 16.5. The Morgan fingerprint density at radius 2 is 1.96 bits per heavy atom. The molecule has 0 saturated heterocycles. The fourth-order valence-corrected chi connectivity index (χ4v) is 2.57. The molecule has 5 nitrogen and oxygen atoms in total. The second kappa shape index (κ2) is 8.98. The van der Waals surface area contributed by atoms with Crippen LogP contribution in [0, 0.1) is 0 Å². The lowest BCUT2D eigenvalue weighted by Crippen LogP contribution is -2.47. The molecule has 0 aliphatic heterocycles. The molecule has 2 N–H and O–H groups in total. The number of nitrogens with one attached hydrogen (secondary N) is 2. The third-order valence-corrected chi connectivity index (χ3v) is 3.93. The Bertz CT molecular complexity index is 545. The average Bonchev–Trinajstić information content (AvgIpc) is 3.10. The first-order valence-corrected chi connectivity index (χ1v) is 8.16. The lowest BCUT2D eigenvalue weighted by molar-refractivity contribution is -0.130. The molecule has 1 aliphatic rings. The van der Waals surface area contributed by atoms with Gasteiger partial charge in [-0.3, -0.25) is 9.79 Å². The van der Waals surface area contributed by atoms with Crippen molar-refractivity contribution >= 4 is 11.9 Å². The summed E-state index contributed by atoms with van der Waals surface area (Å²) in [6.45, 7) is 3.57. The number of rotatable bonds is 6. The summed E-state index contributed by atoms with van der Waals surface area (Å²) in [6.07, 6.45) is 6.33. The smallest absolute Gasteiger partial charge is 0.242 e. The van der Waals surface area contributed by atoms with Gasteiger partial charge < -0.3 is 15.5 Å². The van der Waals surface area contributed by atoms with Crippen molar-refractivity contribution in [3.05, 3.63) is 48.0 Å². The number of amides is 1. The van der Waals surface area contributed by atoms with E-state index in [1.54, 1.807) is 7.05 Å². The van der Waals surface area contributed by atoms with Crippen molar-refractivity contribution in [1.82, 2.24) is 15.5 Å². The molecule has 0 fully saturated rings. The van der Waals surface area contributed by atoms with Crippen molar-refractivity contribution in [3.8, 4) is 0 Å². The van der Waals surface area contributed by atoms with E-state index in [2.05, 4.69) is 27.8 Å². The van der Waals surface area contributed by atoms with Crippen molar-refractivity contribution in [3.63, 3.8) is 0 Å². The summed E-state index contributed by atoms with van der Waals surface area (Å²) in [7, 11) is 1.73. The van der Waals surface area contributed by atoms with E-state index >= 15 is 0 Å². The van der Waals surface area contributed by atoms with Gasteiger partial charge in [0.15, 0.2) is 5.96 Å². The van der Waals surface area contributed by atoms with Crippen LogP contribution in [0.5, 0.6) is 0 Å². The van der Waals surface area contributed by atoms with Gasteiger partial charge in [0.25, 0.3) is 0 Å². The third-order valence-electron chi connectivity index (χ3n) is 3.93. The Kier molecular flexibility index (Phi) is 6.66. The summed E-state index contributed by atoms with van der Waals surface area (Å²) in [5.74, 6) is 0.756. The largest absolute Gasteiger partial charge is 0.353 e. The van der Waals surface area contributed by atoms with E-state index in [1.807, 2.05) is 42.2 Å². The Morgan fingerprint density at radius 3 is 2.57 bits per heavy atom. The second-order valence-electron chi connectivity index (χ2n) is 5.60. The van der Waals surface area contributed by atoms with Crippen molar-refractivity contribution in [2.75, 3.05) is 20.1 Å². The SMILES string of the molecule is CCN(Cc1ccccc1)C(=O)CNC(=NC)NC1CC=CC1. The lowest BCUT2D eigenvalue weighted by atomic mass is 10.2. The molecule has 0 saturated carbocycles. The number of guanidine groups is 1. The molecule has 0 spiro atoms. The van der Waals surface area contributed by atoms with Crippen LogP contribution < -0.4 is 10.6 Å². The molecule has 23 heavy (non-hydrogen) atoms. The van der Waals surface area contributed by atoms with Gasteiger partial charge in [0.05, 0.1) is 6.54 Å². The predicted octanol–water partition coefficient (Wildman–Crippen LogP) is 1.92. The minimum Gasteiger partial charge on any atom is -0.353 e. The van der Waals surface area contributed by atoms with Gasteiger partial charge in [-0.1, -0.05) is 42.5 Å². The first-order valence-electron chi connectivity index (χ1n) is 8.16. The monoisotopic (exact) mass is 314 g/mol. The topological polar surface area (TPSA) is 56.7 Å². The molecule has 0 atom stereocenters. The highest BCUT2D eigenvalue weighted by molar-refractivity contribution is 5.86. The number of hydrogen-bond acceptors (Lipinski definition) is 2. The van der Waals surface area contributed by atoms with Crippen LogP contribution in [0.4, 0.5) is 0 Å². The number of carbonyl (C=O) groups excluding carboxylic acids is 1. The number of aliphatic imine (C=N–C) groups is 1. The molecule has 1 amide bonds. The zero-order valence-electron chi connectivity index (χ0n) is 14.0. The van der Waals surface area contributed by atoms with Crippen LogP contribution >= 0.6 is 0 Å². The molecule has 0 unspecified atom stereocenters. The van der Waals surface area contributed by atoms with Crippen molar-refractivity contribution in [2.45, 2.75) is 32.4 Å². The lowest BCUT2D eigenvalue weighted by Gasteiger charge is -2.22. The number of benzene rings is 1. The minimum atomic E-state index is 0.0730. The first kappa shape index (κ1) is 17.1. The summed E-state index contributed by atoms with van der Waals surface area (Å²) in [6, 6.07) is 10.4. The predicted molar refractivity (Wildman–Crippen MR) is 94.2 cm³/mol. The molecular weight excluding hydrogens is 288 g/mol. The van der Waals surface area contributed by atoms with E-state index in [0.717, 1.165) is 18.4 Å². The van der Waals surface area contributed by atoms with Crippen LogP contribution in [-0.2, 0) is 11.3 Å². The summed E-state index contributed by atoms with van der Waals surface area (Å²) >= 11 is 0. The maximum absolute atomic E-state index is 12.4. The molecule has 0 radical (unpaired) electrons. The normalized spacial score (nSPS) is 14.8.